The standard InChI is InChI=1S/C40H62O15/c1-6-8-9-10-11-12-33(43)54-38-27(21-34(44)48-5)20-31-24-32(26-41)51-36(46)22-28(42)14-18-49-19-15-29-23-30(25-35(45)50-17-7-2)53-37(52-29)13-16-39(3,4)40(38,47)55-31/h7,13,16,21,28-32,37-38,41-42,47H,2,6,8-12,14-15,17-20,22-26H2,1,3-5H3/t28-,29?,30-,31+,32?,37?,38+,40-/m1/s1. The molecule has 15 heteroatoms. The van der Waals surface area contributed by atoms with E-state index in [2.05, 4.69) is 13.5 Å². The third kappa shape index (κ3) is 15.0. The number of cyclic esters (lactones) is 1. The highest BCUT2D eigenvalue weighted by molar-refractivity contribution is 5.83. The van der Waals surface area contributed by atoms with Gasteiger partial charge in [0.1, 0.15) is 12.7 Å². The second-order valence-electron chi connectivity index (χ2n) is 14.9. The van der Waals surface area contributed by atoms with E-state index in [-0.39, 0.29) is 63.9 Å². The summed E-state index contributed by atoms with van der Waals surface area (Å²) < 4.78 is 46.1. The molecule has 3 rings (SSSR count). The number of hydrogen-bond acceptors (Lipinski definition) is 15. The van der Waals surface area contributed by atoms with Gasteiger partial charge in [-0.15, -0.1) is 0 Å². The van der Waals surface area contributed by atoms with E-state index in [1.807, 2.05) is 0 Å². The molecule has 0 aromatic heterocycles. The number of rotatable bonds is 13. The largest absolute Gasteiger partial charge is 0.466 e. The SMILES string of the molecule is C=CCOC(=O)C[C@H]1CC2CCOCC[C@@H](O)CC(=O)OC(CO)C[C@@H]3CC(=CC(=O)OC)[C@H](OC(=O)CCCCCCC)[C@@](O)(O3)C(C)(C)C=CC(O2)O1. The van der Waals surface area contributed by atoms with Gasteiger partial charge in [0.2, 0.25) is 5.79 Å². The van der Waals surface area contributed by atoms with E-state index in [0.29, 0.717) is 19.3 Å². The first-order chi connectivity index (χ1) is 26.2. The van der Waals surface area contributed by atoms with Gasteiger partial charge in [0, 0.05) is 44.0 Å². The van der Waals surface area contributed by atoms with E-state index in [1.165, 1.54) is 13.2 Å². The molecule has 2 saturated heterocycles. The van der Waals surface area contributed by atoms with Gasteiger partial charge in [-0.2, -0.15) is 0 Å². The van der Waals surface area contributed by atoms with Gasteiger partial charge in [0.25, 0.3) is 0 Å². The Balaban J connectivity index is 2.04. The predicted octanol–water partition coefficient (Wildman–Crippen LogP) is 3.89. The first-order valence-corrected chi connectivity index (χ1v) is 19.4. The van der Waals surface area contributed by atoms with Gasteiger partial charge in [-0.1, -0.05) is 65.2 Å². The fourth-order valence-electron chi connectivity index (χ4n) is 6.74. The van der Waals surface area contributed by atoms with Crippen LogP contribution in [-0.2, 0) is 57.1 Å². The van der Waals surface area contributed by atoms with Gasteiger partial charge >= 0.3 is 23.9 Å². The molecule has 3 N–H and O–H groups in total. The zero-order valence-corrected chi connectivity index (χ0v) is 32.8. The van der Waals surface area contributed by atoms with Gasteiger partial charge < -0.3 is 53.2 Å². The molecule has 0 spiro atoms. The van der Waals surface area contributed by atoms with Crippen LogP contribution in [0.5, 0.6) is 0 Å². The van der Waals surface area contributed by atoms with Crippen LogP contribution in [0.2, 0.25) is 0 Å². The summed E-state index contributed by atoms with van der Waals surface area (Å²) in [4.78, 5) is 51.4. The van der Waals surface area contributed by atoms with Gasteiger partial charge in [0.05, 0.1) is 51.0 Å². The van der Waals surface area contributed by atoms with Crippen LogP contribution in [0.4, 0.5) is 0 Å². The number of hydrogen-bond donors (Lipinski definition) is 3. The maximum atomic E-state index is 13.3. The highest BCUT2D eigenvalue weighted by Gasteiger charge is 2.57. The highest BCUT2D eigenvalue weighted by atomic mass is 16.7. The van der Waals surface area contributed by atoms with Crippen molar-refractivity contribution in [1.82, 2.24) is 0 Å². The Bertz CT molecular complexity index is 1310. The number of esters is 4. The Morgan fingerprint density at radius 3 is 2.44 bits per heavy atom. The van der Waals surface area contributed by atoms with Crippen molar-refractivity contribution in [2.75, 3.05) is 33.5 Å². The zero-order valence-electron chi connectivity index (χ0n) is 32.8. The average molecular weight is 783 g/mol. The number of methoxy groups -OCH3 is 1. The monoisotopic (exact) mass is 782 g/mol. The van der Waals surface area contributed by atoms with E-state index >= 15 is 0 Å². The Labute approximate surface area is 324 Å². The average Bonchev–Trinajstić information content (AvgIpc) is 3.13. The normalized spacial score (nSPS) is 31.4. The van der Waals surface area contributed by atoms with Crippen molar-refractivity contribution >= 4 is 23.9 Å². The van der Waals surface area contributed by atoms with Crippen molar-refractivity contribution in [1.29, 1.82) is 0 Å². The number of carbonyl (C=O) groups excluding carboxylic acids is 4. The molecule has 0 aromatic rings. The lowest BCUT2D eigenvalue weighted by Crippen LogP contribution is -2.62. The summed E-state index contributed by atoms with van der Waals surface area (Å²) in [6, 6.07) is 0. The number of aliphatic hydroxyl groups excluding tert-OH is 2. The van der Waals surface area contributed by atoms with Crippen molar-refractivity contribution < 1.29 is 72.4 Å². The Morgan fingerprint density at radius 2 is 1.73 bits per heavy atom. The smallest absolute Gasteiger partial charge is 0.330 e. The quantitative estimate of drug-likeness (QED) is 0.0798. The fourth-order valence-corrected chi connectivity index (χ4v) is 6.74. The van der Waals surface area contributed by atoms with Crippen LogP contribution in [-0.4, -0.2) is 121 Å². The predicted molar refractivity (Wildman–Crippen MR) is 197 cm³/mol. The number of fused-ring (bicyclic) bond motifs is 4. The summed E-state index contributed by atoms with van der Waals surface area (Å²) in [5.41, 5.74) is -1.22. The number of unbranched alkanes of at least 4 members (excludes halogenated alkanes) is 4. The molecule has 2 fully saturated rings. The summed E-state index contributed by atoms with van der Waals surface area (Å²) in [5.74, 6) is -4.94. The zero-order chi connectivity index (χ0) is 40.4. The second kappa shape index (κ2) is 23.1. The fraction of sp³-hybridized carbons (Fsp3) is 0.750. The minimum Gasteiger partial charge on any atom is -0.466 e. The Hall–Kier alpha value is -3.18. The van der Waals surface area contributed by atoms with E-state index < -0.39 is 84.6 Å². The van der Waals surface area contributed by atoms with E-state index in [0.717, 1.165) is 31.8 Å². The van der Waals surface area contributed by atoms with Crippen molar-refractivity contribution in [2.24, 2.45) is 5.41 Å². The lowest BCUT2D eigenvalue weighted by Gasteiger charge is -2.51. The molecule has 0 saturated carbocycles. The third-order valence-electron chi connectivity index (χ3n) is 9.88. The number of ether oxygens (including phenoxy) is 8. The van der Waals surface area contributed by atoms with E-state index in [4.69, 9.17) is 37.9 Å². The molecule has 3 aliphatic heterocycles. The summed E-state index contributed by atoms with van der Waals surface area (Å²) >= 11 is 0. The minimum absolute atomic E-state index is 0.0516. The molecule has 312 valence electrons. The summed E-state index contributed by atoms with van der Waals surface area (Å²) in [6.07, 6.45) is 3.96. The minimum atomic E-state index is -2.35. The second-order valence-corrected chi connectivity index (χ2v) is 14.9. The molecular weight excluding hydrogens is 720 g/mol. The van der Waals surface area contributed by atoms with Crippen LogP contribution in [0, 0.1) is 5.41 Å². The molecular formula is C40H62O15. The molecule has 4 bridgehead atoms. The molecule has 0 amide bonds. The number of aliphatic hydroxyl groups is 3. The molecule has 0 aliphatic carbocycles. The molecule has 15 nitrogen and oxygen atoms in total. The first-order valence-electron chi connectivity index (χ1n) is 19.4. The topological polar surface area (TPSA) is 203 Å². The molecule has 0 radical (unpaired) electrons. The molecule has 55 heavy (non-hydrogen) atoms. The summed E-state index contributed by atoms with van der Waals surface area (Å²) in [5, 5.41) is 33.4. The number of carbonyl (C=O) groups is 4. The van der Waals surface area contributed by atoms with Gasteiger partial charge in [-0.05, 0) is 37.3 Å². The molecule has 3 unspecified atom stereocenters. The van der Waals surface area contributed by atoms with Crippen LogP contribution >= 0.6 is 0 Å². The Kier molecular flexibility index (Phi) is 19.4. The van der Waals surface area contributed by atoms with Crippen LogP contribution in [0.3, 0.4) is 0 Å². The Morgan fingerprint density at radius 1 is 1.00 bits per heavy atom. The maximum absolute atomic E-state index is 13.3. The lowest BCUT2D eigenvalue weighted by atomic mass is 9.74. The van der Waals surface area contributed by atoms with Gasteiger partial charge in [-0.25, -0.2) is 4.79 Å². The first kappa shape index (κ1) is 46.2. The van der Waals surface area contributed by atoms with Gasteiger partial charge in [-0.3, -0.25) is 14.4 Å². The van der Waals surface area contributed by atoms with Crippen molar-refractivity contribution in [3.63, 3.8) is 0 Å². The van der Waals surface area contributed by atoms with E-state index in [1.54, 1.807) is 26.0 Å². The highest BCUT2D eigenvalue weighted by Crippen LogP contribution is 2.47. The molecule has 3 heterocycles. The van der Waals surface area contributed by atoms with Gasteiger partial charge in [0.15, 0.2) is 12.4 Å². The van der Waals surface area contributed by atoms with Crippen LogP contribution in [0.1, 0.15) is 104 Å². The van der Waals surface area contributed by atoms with E-state index in [9.17, 15) is 34.5 Å². The summed E-state index contributed by atoms with van der Waals surface area (Å²) in [7, 11) is 1.19. The van der Waals surface area contributed by atoms with Crippen molar-refractivity contribution in [3.8, 4) is 0 Å². The molecule has 0 aromatic carbocycles. The summed E-state index contributed by atoms with van der Waals surface area (Å²) in [6.45, 7) is 8.80. The maximum Gasteiger partial charge on any atom is 0.330 e. The van der Waals surface area contributed by atoms with Crippen molar-refractivity contribution in [3.05, 3.63) is 36.5 Å². The van der Waals surface area contributed by atoms with Crippen LogP contribution in [0.25, 0.3) is 0 Å². The third-order valence-corrected chi connectivity index (χ3v) is 9.88. The molecule has 3 aliphatic rings. The lowest BCUT2D eigenvalue weighted by molar-refractivity contribution is -0.327. The van der Waals surface area contributed by atoms with Crippen LogP contribution in [0.15, 0.2) is 36.5 Å². The molecule has 8 atom stereocenters. The van der Waals surface area contributed by atoms with Crippen LogP contribution < -0.4 is 0 Å². The van der Waals surface area contributed by atoms with Crippen molar-refractivity contribution in [2.45, 2.75) is 153 Å².